The van der Waals surface area contributed by atoms with E-state index >= 15 is 0 Å². The lowest BCUT2D eigenvalue weighted by Gasteiger charge is -2.47. The largest absolute Gasteiger partial charge is 0.459 e. The number of halogens is 2. The number of hydrogen-bond donors (Lipinski definition) is 1. The molecule has 1 aromatic rings. The summed E-state index contributed by atoms with van der Waals surface area (Å²) in [7, 11) is 0. The maximum absolute atomic E-state index is 14.7. The summed E-state index contributed by atoms with van der Waals surface area (Å²) in [5.41, 5.74) is 3.81. The Morgan fingerprint density at radius 2 is 2.00 bits per heavy atom. The zero-order valence-corrected chi connectivity index (χ0v) is 12.8. The van der Waals surface area contributed by atoms with E-state index in [4.69, 9.17) is 10.5 Å². The standard InChI is InChI=1S/C15H17F2N3O3/c1-13(2)5-6-14(15(16,17)8-23-12(18)19-14)11-7-9(20(21)22)3-4-10(11)13/h3-4,7H,5-6,8H2,1-2H3,(H2,18,19). The number of rotatable bonds is 1. The van der Waals surface area contributed by atoms with Gasteiger partial charge in [-0.15, -0.1) is 0 Å². The van der Waals surface area contributed by atoms with Gasteiger partial charge in [0.1, 0.15) is 0 Å². The fraction of sp³-hybridized carbons (Fsp3) is 0.533. The van der Waals surface area contributed by atoms with Crippen LogP contribution in [0.4, 0.5) is 14.5 Å². The highest BCUT2D eigenvalue weighted by Gasteiger charge is 2.61. The molecule has 1 spiro atoms. The molecule has 2 N–H and O–H groups in total. The predicted molar refractivity (Wildman–Crippen MR) is 79.6 cm³/mol. The van der Waals surface area contributed by atoms with Gasteiger partial charge in [-0.2, -0.15) is 8.78 Å². The van der Waals surface area contributed by atoms with Crippen molar-refractivity contribution in [1.29, 1.82) is 0 Å². The molecule has 1 atom stereocenters. The Morgan fingerprint density at radius 1 is 1.30 bits per heavy atom. The molecular weight excluding hydrogens is 308 g/mol. The second kappa shape index (κ2) is 4.62. The van der Waals surface area contributed by atoms with Crippen LogP contribution in [0.25, 0.3) is 0 Å². The Bertz CT molecular complexity index is 718. The highest BCUT2D eigenvalue weighted by molar-refractivity contribution is 5.74. The monoisotopic (exact) mass is 325 g/mol. The minimum absolute atomic E-state index is 0.0469. The van der Waals surface area contributed by atoms with Gasteiger partial charge in [0.2, 0.25) is 0 Å². The average molecular weight is 325 g/mol. The summed E-state index contributed by atoms with van der Waals surface area (Å²) in [5.74, 6) is -3.30. The molecule has 3 rings (SSSR count). The lowest BCUT2D eigenvalue weighted by atomic mass is 9.63. The van der Waals surface area contributed by atoms with Gasteiger partial charge in [0, 0.05) is 12.1 Å². The van der Waals surface area contributed by atoms with Crippen LogP contribution >= 0.6 is 0 Å². The summed E-state index contributed by atoms with van der Waals surface area (Å²) in [5, 5.41) is 11.1. The van der Waals surface area contributed by atoms with Gasteiger partial charge in [-0.05, 0) is 29.4 Å². The minimum Gasteiger partial charge on any atom is -0.459 e. The molecule has 6 nitrogen and oxygen atoms in total. The van der Waals surface area contributed by atoms with Crippen molar-refractivity contribution >= 4 is 11.7 Å². The normalized spacial score (nSPS) is 27.7. The molecule has 1 aliphatic heterocycles. The first-order valence-electron chi connectivity index (χ1n) is 7.24. The fourth-order valence-corrected chi connectivity index (χ4v) is 3.42. The summed E-state index contributed by atoms with van der Waals surface area (Å²) in [4.78, 5) is 14.4. The quantitative estimate of drug-likeness (QED) is 0.635. The molecule has 0 saturated carbocycles. The second-order valence-electron chi connectivity index (χ2n) is 6.67. The smallest absolute Gasteiger partial charge is 0.310 e. The number of alkyl halides is 2. The molecule has 1 heterocycles. The van der Waals surface area contributed by atoms with Crippen molar-refractivity contribution in [3.63, 3.8) is 0 Å². The molecule has 1 aromatic carbocycles. The number of nitro groups is 1. The van der Waals surface area contributed by atoms with Gasteiger partial charge in [0.25, 0.3) is 11.7 Å². The number of amidine groups is 1. The van der Waals surface area contributed by atoms with Gasteiger partial charge in [-0.1, -0.05) is 19.9 Å². The minimum atomic E-state index is -3.30. The van der Waals surface area contributed by atoms with Crippen LogP contribution in [-0.2, 0) is 15.7 Å². The van der Waals surface area contributed by atoms with E-state index in [-0.39, 0.29) is 29.1 Å². The molecule has 124 valence electrons. The highest BCUT2D eigenvalue weighted by Crippen LogP contribution is 2.55. The summed E-state index contributed by atoms with van der Waals surface area (Å²) >= 11 is 0. The first-order chi connectivity index (χ1) is 10.6. The van der Waals surface area contributed by atoms with Crippen molar-refractivity contribution in [2.45, 2.75) is 43.6 Å². The van der Waals surface area contributed by atoms with Crippen molar-refractivity contribution in [3.8, 4) is 0 Å². The summed E-state index contributed by atoms with van der Waals surface area (Å²) in [6.07, 6.45) is 0.509. The molecule has 0 bridgehead atoms. The number of aliphatic imine (C=N–C) groups is 1. The fourth-order valence-electron chi connectivity index (χ4n) is 3.42. The van der Waals surface area contributed by atoms with E-state index in [2.05, 4.69) is 4.99 Å². The van der Waals surface area contributed by atoms with Gasteiger partial charge in [-0.3, -0.25) is 10.1 Å². The van der Waals surface area contributed by atoms with E-state index < -0.39 is 23.0 Å². The van der Waals surface area contributed by atoms with Crippen molar-refractivity contribution in [2.24, 2.45) is 10.7 Å². The molecule has 0 radical (unpaired) electrons. The summed E-state index contributed by atoms with van der Waals surface area (Å²) < 4.78 is 34.2. The van der Waals surface area contributed by atoms with Crippen molar-refractivity contribution in [3.05, 3.63) is 39.4 Å². The third-order valence-corrected chi connectivity index (χ3v) is 4.81. The van der Waals surface area contributed by atoms with Crippen molar-refractivity contribution < 1.29 is 18.4 Å². The first-order valence-corrected chi connectivity index (χ1v) is 7.24. The number of hydrogen-bond acceptors (Lipinski definition) is 5. The zero-order chi connectivity index (χ0) is 17.0. The van der Waals surface area contributed by atoms with Crippen LogP contribution in [0.3, 0.4) is 0 Å². The van der Waals surface area contributed by atoms with Gasteiger partial charge in [0.15, 0.2) is 12.1 Å². The molecule has 0 fully saturated rings. The molecule has 0 amide bonds. The lowest BCUT2D eigenvalue weighted by molar-refractivity contribution is -0.385. The van der Waals surface area contributed by atoms with Crippen LogP contribution in [0.1, 0.15) is 37.8 Å². The Morgan fingerprint density at radius 3 is 2.65 bits per heavy atom. The SMILES string of the molecule is CC1(C)CCC2(N=C(N)OCC2(F)F)c2cc([N+](=O)[O-])ccc21. The molecular formula is C15H17F2N3O3. The highest BCUT2D eigenvalue weighted by atomic mass is 19.3. The molecule has 1 aliphatic carbocycles. The van der Waals surface area contributed by atoms with Gasteiger partial charge in [-0.25, -0.2) is 4.99 Å². The first kappa shape index (κ1) is 15.6. The number of nitrogens with two attached hydrogens (primary N) is 1. The number of nitro benzene ring substituents is 1. The van der Waals surface area contributed by atoms with E-state index in [9.17, 15) is 18.9 Å². The molecule has 0 aromatic heterocycles. The molecule has 2 aliphatic rings. The van der Waals surface area contributed by atoms with Crippen LogP contribution in [0.2, 0.25) is 0 Å². The number of ether oxygens (including phenoxy) is 1. The van der Waals surface area contributed by atoms with E-state index in [1.54, 1.807) is 6.07 Å². The van der Waals surface area contributed by atoms with Crippen LogP contribution in [0.5, 0.6) is 0 Å². The predicted octanol–water partition coefficient (Wildman–Crippen LogP) is 2.84. The second-order valence-corrected chi connectivity index (χ2v) is 6.67. The van der Waals surface area contributed by atoms with Gasteiger partial charge in [0.05, 0.1) is 4.92 Å². The molecule has 23 heavy (non-hydrogen) atoms. The average Bonchev–Trinajstić information content (AvgIpc) is 2.47. The van der Waals surface area contributed by atoms with E-state index in [0.717, 1.165) is 0 Å². The van der Waals surface area contributed by atoms with Gasteiger partial charge >= 0.3 is 5.92 Å². The topological polar surface area (TPSA) is 90.8 Å². The third kappa shape index (κ3) is 2.15. The Balaban J connectivity index is 2.32. The number of non-ortho nitro benzene ring substituents is 1. The van der Waals surface area contributed by atoms with Crippen LogP contribution < -0.4 is 5.73 Å². The van der Waals surface area contributed by atoms with Crippen LogP contribution in [-0.4, -0.2) is 23.5 Å². The number of fused-ring (bicyclic) bond motifs is 2. The van der Waals surface area contributed by atoms with E-state index in [1.807, 2.05) is 13.8 Å². The van der Waals surface area contributed by atoms with Crippen molar-refractivity contribution in [2.75, 3.05) is 6.61 Å². The Labute approximate surface area is 131 Å². The zero-order valence-electron chi connectivity index (χ0n) is 12.8. The number of benzene rings is 1. The van der Waals surface area contributed by atoms with Crippen molar-refractivity contribution in [1.82, 2.24) is 0 Å². The van der Waals surface area contributed by atoms with E-state index in [0.29, 0.717) is 12.0 Å². The Kier molecular flexibility index (Phi) is 3.14. The maximum Gasteiger partial charge on any atom is 0.310 e. The third-order valence-electron chi connectivity index (χ3n) is 4.81. The molecule has 0 saturated heterocycles. The van der Waals surface area contributed by atoms with Gasteiger partial charge < -0.3 is 10.5 Å². The van der Waals surface area contributed by atoms with E-state index in [1.165, 1.54) is 12.1 Å². The molecule has 1 unspecified atom stereocenters. The maximum atomic E-state index is 14.7. The summed E-state index contributed by atoms with van der Waals surface area (Å²) in [6.45, 7) is 2.97. The lowest BCUT2D eigenvalue weighted by Crippen LogP contribution is -2.55. The Hall–Kier alpha value is -2.25. The number of nitrogens with zero attached hydrogens (tertiary/aromatic N) is 2. The summed E-state index contributed by atoms with van der Waals surface area (Å²) in [6, 6.07) is 3.77. The van der Waals surface area contributed by atoms with Crippen LogP contribution in [0, 0.1) is 10.1 Å². The van der Waals surface area contributed by atoms with Crippen LogP contribution in [0.15, 0.2) is 23.2 Å². The molecule has 8 heteroatoms.